The molecule has 0 amide bonds. The fraction of sp³-hybridized carbons (Fsp3) is 0.275. The second-order valence-corrected chi connectivity index (χ2v) is 14.7. The van der Waals surface area contributed by atoms with Gasteiger partial charge in [-0.1, -0.05) is 55.8 Å². The number of nitrogens with zero attached hydrogens (tertiary/aromatic N) is 3. The normalized spacial score (nSPS) is 20.5. The molecule has 7 rings (SSSR count). The first-order chi connectivity index (χ1) is 23.3. The lowest BCUT2D eigenvalue weighted by molar-refractivity contribution is -0.401. The summed E-state index contributed by atoms with van der Waals surface area (Å²) in [6.07, 6.45) is 13.4. The molecule has 0 fully saturated rings. The number of nitro benzene ring substituents is 2. The Balaban J connectivity index is 1.15. The fourth-order valence-corrected chi connectivity index (χ4v) is 8.36. The summed E-state index contributed by atoms with van der Waals surface area (Å²) >= 11 is 7.05. The molecule has 1 aliphatic carbocycles. The second-order valence-electron chi connectivity index (χ2n) is 14.3. The molecule has 9 heteroatoms. The van der Waals surface area contributed by atoms with Gasteiger partial charge in [0.25, 0.3) is 11.4 Å². The zero-order valence-electron chi connectivity index (χ0n) is 28.2. The predicted octanol–water partition coefficient (Wildman–Crippen LogP) is 10.3. The fourth-order valence-electron chi connectivity index (χ4n) is 8.04. The van der Waals surface area contributed by atoms with Gasteiger partial charge in [-0.25, -0.2) is 0 Å². The number of non-ortho nitro benzene ring substituents is 2. The van der Waals surface area contributed by atoms with E-state index >= 15 is 0 Å². The van der Waals surface area contributed by atoms with Crippen LogP contribution in [0.1, 0.15) is 58.1 Å². The molecular weight excluding hydrogens is 636 g/mol. The highest BCUT2D eigenvalue weighted by atomic mass is 35.5. The van der Waals surface area contributed by atoms with Crippen molar-refractivity contribution in [1.29, 1.82) is 0 Å². The number of allylic oxidation sites excluding steroid dienone is 7. The summed E-state index contributed by atoms with van der Waals surface area (Å²) in [5, 5.41) is 31.3. The monoisotopic (exact) mass is 673 g/mol. The quantitative estimate of drug-likeness (QED) is 0.125. The van der Waals surface area contributed by atoms with Crippen LogP contribution in [0.3, 0.4) is 0 Å². The first kappa shape index (κ1) is 32.5. The first-order valence-electron chi connectivity index (χ1n) is 16.5. The third kappa shape index (κ3) is 5.35. The summed E-state index contributed by atoms with van der Waals surface area (Å²) in [6.45, 7) is 8.68. The van der Waals surface area contributed by atoms with Crippen molar-refractivity contribution >= 4 is 61.6 Å². The minimum absolute atomic E-state index is 0.00870. The number of anilines is 1. The lowest BCUT2D eigenvalue weighted by Gasteiger charge is -2.26. The van der Waals surface area contributed by atoms with Crippen LogP contribution in [-0.4, -0.2) is 33.2 Å². The number of fused-ring (bicyclic) bond motifs is 6. The van der Waals surface area contributed by atoms with Gasteiger partial charge >= 0.3 is 0 Å². The highest BCUT2D eigenvalue weighted by Crippen LogP contribution is 2.47. The molecule has 4 aromatic rings. The van der Waals surface area contributed by atoms with Crippen LogP contribution in [0, 0.1) is 20.2 Å². The summed E-state index contributed by atoms with van der Waals surface area (Å²) in [5.41, 5.74) is 6.98. The third-order valence-corrected chi connectivity index (χ3v) is 11.1. The minimum atomic E-state index is -0.382. The Morgan fingerprint density at radius 1 is 0.857 bits per heavy atom. The molecule has 248 valence electrons. The van der Waals surface area contributed by atoms with Gasteiger partial charge in [0.1, 0.15) is 7.05 Å². The van der Waals surface area contributed by atoms with E-state index < -0.39 is 0 Å². The van der Waals surface area contributed by atoms with Crippen LogP contribution in [0.5, 0.6) is 0 Å². The summed E-state index contributed by atoms with van der Waals surface area (Å²) in [6, 6.07) is 18.3. The first-order valence-corrected chi connectivity index (χ1v) is 16.9. The minimum Gasteiger partial charge on any atom is -0.378 e. The van der Waals surface area contributed by atoms with E-state index in [1.807, 2.05) is 31.3 Å². The molecule has 49 heavy (non-hydrogen) atoms. The maximum absolute atomic E-state index is 11.6. The lowest BCUT2D eigenvalue weighted by Crippen LogP contribution is -2.31. The smallest absolute Gasteiger partial charge is 0.270 e. The number of nitrogens with one attached hydrogen (secondary N) is 1. The number of halogens is 1. The van der Waals surface area contributed by atoms with Gasteiger partial charge in [0.15, 0.2) is 5.71 Å². The van der Waals surface area contributed by atoms with E-state index in [0.717, 1.165) is 85.2 Å². The van der Waals surface area contributed by atoms with E-state index in [2.05, 4.69) is 80.1 Å². The van der Waals surface area contributed by atoms with E-state index in [9.17, 15) is 20.2 Å². The van der Waals surface area contributed by atoms with Crippen LogP contribution >= 0.6 is 11.6 Å². The van der Waals surface area contributed by atoms with Gasteiger partial charge in [-0.3, -0.25) is 20.2 Å². The largest absolute Gasteiger partial charge is 0.378 e. The van der Waals surface area contributed by atoms with Crippen LogP contribution in [0.15, 0.2) is 107 Å². The Hall–Kier alpha value is -5.08. The number of hydrogen-bond donors (Lipinski definition) is 1. The Labute approximate surface area is 290 Å². The van der Waals surface area contributed by atoms with Gasteiger partial charge in [0, 0.05) is 58.1 Å². The molecule has 4 aromatic carbocycles. The molecule has 0 saturated carbocycles. The average molecular weight is 674 g/mol. The highest BCUT2D eigenvalue weighted by molar-refractivity contribution is 6.32. The van der Waals surface area contributed by atoms with Crippen molar-refractivity contribution < 1.29 is 14.4 Å². The van der Waals surface area contributed by atoms with Gasteiger partial charge in [0.05, 0.1) is 21.3 Å². The maximum Gasteiger partial charge on any atom is 0.270 e. The number of hydrogen-bond acceptors (Lipinski definition) is 5. The second kappa shape index (κ2) is 11.8. The Morgan fingerprint density at radius 2 is 1.47 bits per heavy atom. The zero-order chi connectivity index (χ0) is 34.8. The molecule has 0 bridgehead atoms. The SMILES string of the molecule is C[N+]1=C(/C=C/C2=C(Cl)C(=C/C=C/C3Nc4ccc5ccc([N+](=O)[O-])cc5c4C3(C)C)/CCC2)C(C)(C)c2c1ccc1ccc([N+](=O)[O-])cc21. The molecule has 1 N–H and O–H groups in total. The highest BCUT2D eigenvalue weighted by Gasteiger charge is 2.44. The number of nitro groups is 2. The van der Waals surface area contributed by atoms with Gasteiger partial charge < -0.3 is 5.32 Å². The van der Waals surface area contributed by atoms with Crippen LogP contribution in [-0.2, 0) is 10.8 Å². The summed E-state index contributed by atoms with van der Waals surface area (Å²) in [4.78, 5) is 22.4. The Morgan fingerprint density at radius 3 is 2.12 bits per heavy atom. The van der Waals surface area contributed by atoms with Gasteiger partial charge in [0.2, 0.25) is 5.69 Å². The van der Waals surface area contributed by atoms with E-state index in [0.29, 0.717) is 0 Å². The molecule has 0 saturated heterocycles. The average Bonchev–Trinajstić information content (AvgIpc) is 3.44. The predicted molar refractivity (Wildman–Crippen MR) is 199 cm³/mol. The summed E-state index contributed by atoms with van der Waals surface area (Å²) in [7, 11) is 2.05. The van der Waals surface area contributed by atoms with Crippen LogP contribution in [0.4, 0.5) is 22.7 Å². The van der Waals surface area contributed by atoms with Crippen molar-refractivity contribution in [3.63, 3.8) is 0 Å². The molecule has 2 heterocycles. The van der Waals surface area contributed by atoms with Crippen LogP contribution in [0.2, 0.25) is 0 Å². The summed E-state index contributed by atoms with van der Waals surface area (Å²) < 4.78 is 2.18. The standard InChI is InChI=1S/C40H38ClN4O4/c1-39(2)34(42-32-19-14-24-12-17-28(44(46)47)22-30(24)36(32)39)11-7-10-26-8-6-9-27(38(26)41)16-21-35-40(3,4)37-31-23-29(45(48)49)18-13-25(31)15-20-33(37)43(35)5/h7,10-23,34,42H,6,8-9H2,1-5H3/q+1/b11-7+,21-16+,26-10+. The van der Waals surface area contributed by atoms with Gasteiger partial charge in [-0.2, -0.15) is 4.58 Å². The molecular formula is C40H38ClN4O4+. The van der Waals surface area contributed by atoms with E-state index in [1.54, 1.807) is 24.3 Å². The van der Waals surface area contributed by atoms with Crippen molar-refractivity contribution in [2.75, 3.05) is 12.4 Å². The Bertz CT molecular complexity index is 2280. The summed E-state index contributed by atoms with van der Waals surface area (Å²) in [5.74, 6) is 0. The topological polar surface area (TPSA) is 101 Å². The van der Waals surface area contributed by atoms with Crippen molar-refractivity contribution in [1.82, 2.24) is 0 Å². The lowest BCUT2D eigenvalue weighted by atomic mass is 9.78. The molecule has 0 radical (unpaired) electrons. The molecule has 1 atom stereocenters. The van der Waals surface area contributed by atoms with Crippen molar-refractivity contribution in [3.8, 4) is 0 Å². The molecule has 0 aromatic heterocycles. The van der Waals surface area contributed by atoms with E-state index in [4.69, 9.17) is 11.6 Å². The number of rotatable bonds is 6. The maximum atomic E-state index is 11.6. The molecule has 0 spiro atoms. The van der Waals surface area contributed by atoms with Crippen molar-refractivity contribution in [2.45, 2.75) is 63.8 Å². The molecule has 1 unspecified atom stereocenters. The molecule has 3 aliphatic rings. The van der Waals surface area contributed by atoms with Gasteiger partial charge in [-0.05, 0) is 95.6 Å². The van der Waals surface area contributed by atoms with Crippen molar-refractivity contribution in [3.05, 3.63) is 139 Å². The van der Waals surface area contributed by atoms with Gasteiger partial charge in [-0.15, -0.1) is 0 Å². The third-order valence-electron chi connectivity index (χ3n) is 10.6. The zero-order valence-corrected chi connectivity index (χ0v) is 29.0. The van der Waals surface area contributed by atoms with Crippen LogP contribution < -0.4 is 5.32 Å². The van der Waals surface area contributed by atoms with Crippen molar-refractivity contribution in [2.24, 2.45) is 0 Å². The van der Waals surface area contributed by atoms with E-state index in [1.165, 1.54) is 0 Å². The molecule has 8 nitrogen and oxygen atoms in total. The molecule has 2 aliphatic heterocycles. The van der Waals surface area contributed by atoms with Crippen LogP contribution in [0.25, 0.3) is 21.5 Å². The van der Waals surface area contributed by atoms with E-state index in [-0.39, 0.29) is 38.1 Å². The number of benzene rings is 4. The Kier molecular flexibility index (Phi) is 7.82.